The number of nitrogens with one attached hydrogen (secondary N) is 2. The number of ether oxygens (including phenoxy) is 1. The zero-order valence-electron chi connectivity index (χ0n) is 18.5. The van der Waals surface area contributed by atoms with Crippen LogP contribution in [0.3, 0.4) is 0 Å². The number of benzene rings is 1. The number of halogens is 3. The molecule has 0 fully saturated rings. The Balaban J connectivity index is 2.48. The fourth-order valence-corrected chi connectivity index (χ4v) is 2.89. The molecule has 0 radical (unpaired) electrons. The first-order valence-corrected chi connectivity index (χ1v) is 9.87. The summed E-state index contributed by atoms with van der Waals surface area (Å²) in [7, 11) is 3.93. The van der Waals surface area contributed by atoms with Crippen molar-refractivity contribution in [2.45, 2.75) is 39.0 Å². The summed E-state index contributed by atoms with van der Waals surface area (Å²) in [5, 5.41) is 6.47. The molecule has 9 heteroatoms. The summed E-state index contributed by atoms with van der Waals surface area (Å²) >= 11 is 0. The second kappa shape index (κ2) is 9.55. The molecule has 0 unspecified atom stereocenters. The number of aromatic nitrogens is 1. The van der Waals surface area contributed by atoms with Crippen LogP contribution in [-0.2, 0) is 4.74 Å². The van der Waals surface area contributed by atoms with E-state index in [1.807, 2.05) is 19.0 Å². The molecule has 0 aliphatic carbocycles. The van der Waals surface area contributed by atoms with E-state index in [9.17, 15) is 18.0 Å². The number of nitrogens with zero attached hydrogens (tertiary/aromatic N) is 2. The van der Waals surface area contributed by atoms with E-state index in [1.165, 1.54) is 6.07 Å². The highest BCUT2D eigenvalue weighted by molar-refractivity contribution is 6.02. The number of hydrogen-bond acceptors (Lipinski definition) is 5. The molecule has 0 saturated carbocycles. The summed E-state index contributed by atoms with van der Waals surface area (Å²) in [6.45, 7) is 9.75. The highest BCUT2D eigenvalue weighted by atomic mass is 19.4. The fourth-order valence-electron chi connectivity index (χ4n) is 2.89. The molecule has 0 saturated heterocycles. The molecule has 1 aromatic heterocycles. The highest BCUT2D eigenvalue weighted by Crippen LogP contribution is 2.37. The Bertz CT molecular complexity index is 950. The second-order valence-electron chi connectivity index (χ2n) is 8.44. The van der Waals surface area contributed by atoms with Crippen molar-refractivity contribution in [3.63, 3.8) is 0 Å². The van der Waals surface area contributed by atoms with Crippen LogP contribution in [0.1, 0.15) is 32.9 Å². The molecule has 0 aliphatic rings. The zero-order valence-corrected chi connectivity index (χ0v) is 18.5. The Morgan fingerprint density at radius 2 is 1.87 bits per heavy atom. The molecule has 6 nitrogen and oxygen atoms in total. The molecule has 2 aromatic rings. The Labute approximate surface area is 180 Å². The minimum Gasteiger partial charge on any atom is -0.444 e. The number of carbonyl (C=O) groups excluding carboxylic acids is 1. The number of pyridine rings is 1. The van der Waals surface area contributed by atoms with Crippen LogP contribution >= 0.6 is 0 Å². The molecule has 0 atom stereocenters. The lowest BCUT2D eigenvalue weighted by Crippen LogP contribution is -2.27. The third-order valence-corrected chi connectivity index (χ3v) is 4.23. The molecular formula is C22H29F3N4O2. The van der Waals surface area contributed by atoms with Crippen LogP contribution < -0.4 is 10.6 Å². The summed E-state index contributed by atoms with van der Waals surface area (Å²) in [5.74, 6) is -0.0512. The largest absolute Gasteiger partial charge is 0.444 e. The summed E-state index contributed by atoms with van der Waals surface area (Å²) in [5.41, 5.74) is -1.55. The first-order chi connectivity index (χ1) is 14.3. The van der Waals surface area contributed by atoms with Crippen molar-refractivity contribution in [3.05, 3.63) is 36.5 Å². The van der Waals surface area contributed by atoms with Crippen LogP contribution in [-0.4, -0.2) is 54.9 Å². The van der Waals surface area contributed by atoms with E-state index in [1.54, 1.807) is 39.0 Å². The zero-order chi connectivity index (χ0) is 23.4. The topological polar surface area (TPSA) is 66.5 Å². The van der Waals surface area contributed by atoms with Crippen LogP contribution in [0, 0.1) is 0 Å². The van der Waals surface area contributed by atoms with Crippen LogP contribution in [0.15, 0.2) is 30.8 Å². The van der Waals surface area contributed by atoms with Gasteiger partial charge in [0.1, 0.15) is 11.4 Å². The van der Waals surface area contributed by atoms with E-state index in [0.717, 1.165) is 13.0 Å². The normalized spacial score (nSPS) is 12.2. The van der Waals surface area contributed by atoms with Crippen molar-refractivity contribution < 1.29 is 22.7 Å². The van der Waals surface area contributed by atoms with Gasteiger partial charge in [0.15, 0.2) is 0 Å². The highest BCUT2D eigenvalue weighted by Gasteiger charge is 2.35. The lowest BCUT2D eigenvalue weighted by atomic mass is 10.0. The van der Waals surface area contributed by atoms with Crippen molar-refractivity contribution >= 4 is 33.9 Å². The van der Waals surface area contributed by atoms with Gasteiger partial charge in [-0.15, -0.1) is 0 Å². The lowest BCUT2D eigenvalue weighted by Gasteiger charge is -2.20. The molecule has 2 N–H and O–H groups in total. The number of anilines is 2. The second-order valence-corrected chi connectivity index (χ2v) is 8.44. The van der Waals surface area contributed by atoms with E-state index >= 15 is 0 Å². The van der Waals surface area contributed by atoms with E-state index in [-0.39, 0.29) is 16.9 Å². The van der Waals surface area contributed by atoms with Gasteiger partial charge in [0.25, 0.3) is 0 Å². The van der Waals surface area contributed by atoms with Crippen molar-refractivity contribution in [3.8, 4) is 0 Å². The molecular weight excluding hydrogens is 409 g/mol. The van der Waals surface area contributed by atoms with Gasteiger partial charge in [-0.3, -0.25) is 5.32 Å². The molecule has 1 aromatic carbocycles. The van der Waals surface area contributed by atoms with Crippen LogP contribution in [0.4, 0.5) is 29.5 Å². The minimum atomic E-state index is -4.67. The molecule has 1 amide bonds. The molecule has 2 rings (SSSR count). The first-order valence-electron chi connectivity index (χ1n) is 9.87. The van der Waals surface area contributed by atoms with Gasteiger partial charge in [-0.25, -0.2) is 9.78 Å². The van der Waals surface area contributed by atoms with E-state index in [2.05, 4.69) is 22.2 Å². The van der Waals surface area contributed by atoms with Gasteiger partial charge in [0, 0.05) is 23.0 Å². The molecule has 0 aliphatic heterocycles. The van der Waals surface area contributed by atoms with Crippen LogP contribution in [0.2, 0.25) is 0 Å². The first kappa shape index (κ1) is 24.5. The number of amides is 1. The third kappa shape index (κ3) is 7.13. The summed E-state index contributed by atoms with van der Waals surface area (Å²) < 4.78 is 45.5. The van der Waals surface area contributed by atoms with Gasteiger partial charge in [0.05, 0.1) is 11.3 Å². The smallest absolute Gasteiger partial charge is 0.417 e. The molecule has 31 heavy (non-hydrogen) atoms. The summed E-state index contributed by atoms with van der Waals surface area (Å²) in [4.78, 5) is 18.2. The van der Waals surface area contributed by atoms with Crippen LogP contribution in [0.25, 0.3) is 16.3 Å². The SMILES string of the molecule is C=C(c1nc(NC(=O)OC(C)(C)C)cc2c(NCCCN(C)C)cccc12)C(F)(F)F. The fraction of sp³-hybridized carbons (Fsp3) is 0.455. The third-order valence-electron chi connectivity index (χ3n) is 4.23. The summed E-state index contributed by atoms with van der Waals surface area (Å²) in [6, 6.07) is 6.51. The molecule has 170 valence electrons. The van der Waals surface area contributed by atoms with Gasteiger partial charge in [-0.2, -0.15) is 13.2 Å². The number of rotatable bonds is 7. The Hall–Kier alpha value is -2.81. The monoisotopic (exact) mass is 438 g/mol. The molecule has 0 spiro atoms. The average molecular weight is 438 g/mol. The Morgan fingerprint density at radius 3 is 2.45 bits per heavy atom. The van der Waals surface area contributed by atoms with Crippen molar-refractivity contribution in [2.24, 2.45) is 0 Å². The maximum Gasteiger partial charge on any atom is 0.417 e. The van der Waals surface area contributed by atoms with Crippen molar-refractivity contribution in [1.29, 1.82) is 0 Å². The number of allylic oxidation sites excluding steroid dienone is 1. The van der Waals surface area contributed by atoms with Crippen molar-refractivity contribution in [1.82, 2.24) is 9.88 Å². The van der Waals surface area contributed by atoms with Gasteiger partial charge >= 0.3 is 12.3 Å². The number of hydrogen-bond donors (Lipinski definition) is 2. The minimum absolute atomic E-state index is 0.0512. The maximum absolute atomic E-state index is 13.4. The number of carbonyl (C=O) groups is 1. The standard InChI is InChI=1S/C22H29F3N4O2/c1-14(22(23,24)25)19-15-9-7-10-17(26-11-8-12-29(5)6)16(15)13-18(27-19)28-20(30)31-21(2,3)4/h7,9-10,13,26H,1,8,11-12H2,2-6H3,(H,27,28,30). The number of alkyl halides is 3. The van der Waals surface area contributed by atoms with Crippen molar-refractivity contribution in [2.75, 3.05) is 37.8 Å². The molecule has 1 heterocycles. The van der Waals surface area contributed by atoms with Crippen LogP contribution in [0.5, 0.6) is 0 Å². The van der Waals surface area contributed by atoms with Gasteiger partial charge in [-0.1, -0.05) is 18.7 Å². The van der Waals surface area contributed by atoms with Gasteiger partial charge in [0.2, 0.25) is 0 Å². The maximum atomic E-state index is 13.4. The van der Waals surface area contributed by atoms with Gasteiger partial charge < -0.3 is 15.0 Å². The quantitative estimate of drug-likeness (QED) is 0.557. The van der Waals surface area contributed by atoms with E-state index in [4.69, 9.17) is 4.74 Å². The average Bonchev–Trinajstić information content (AvgIpc) is 2.61. The predicted molar refractivity (Wildman–Crippen MR) is 118 cm³/mol. The summed E-state index contributed by atoms with van der Waals surface area (Å²) in [6.07, 6.45) is -4.63. The lowest BCUT2D eigenvalue weighted by molar-refractivity contribution is -0.0688. The molecule has 0 bridgehead atoms. The Kier molecular flexibility index (Phi) is 7.54. The Morgan fingerprint density at radius 1 is 1.19 bits per heavy atom. The van der Waals surface area contributed by atoms with E-state index < -0.39 is 23.4 Å². The van der Waals surface area contributed by atoms with E-state index in [0.29, 0.717) is 17.6 Å². The number of fused-ring (bicyclic) bond motifs is 1. The van der Waals surface area contributed by atoms with Gasteiger partial charge in [-0.05, 0) is 60.0 Å². The predicted octanol–water partition coefficient (Wildman–Crippen LogP) is 5.52.